The van der Waals surface area contributed by atoms with E-state index in [0.717, 1.165) is 18.3 Å². The number of fused-ring (bicyclic) bond motifs is 1. The van der Waals surface area contributed by atoms with Gasteiger partial charge >= 0.3 is 0 Å². The van der Waals surface area contributed by atoms with Crippen molar-refractivity contribution in [1.29, 1.82) is 0 Å². The number of hydrogen-bond acceptors (Lipinski definition) is 2. The van der Waals surface area contributed by atoms with Crippen LogP contribution in [0.2, 0.25) is 0 Å². The summed E-state index contributed by atoms with van der Waals surface area (Å²) in [5.41, 5.74) is 3.06. The maximum absolute atomic E-state index is 12.0. The molecule has 1 saturated heterocycles. The molecule has 3 atom stereocenters. The highest BCUT2D eigenvalue weighted by molar-refractivity contribution is 5.73. The molecule has 2 heteroatoms. The fourth-order valence-electron chi connectivity index (χ4n) is 3.57. The van der Waals surface area contributed by atoms with E-state index in [1.807, 2.05) is 12.1 Å². The standard InChI is InChI=1S/C17H19NO/c1-12-7-3-5-9-15(12)17(11-19)16-10-6-4-8-14(16)13(2)18-17/h3-9,11,13,16,18H,10H2,1-2H3. The molecule has 0 radical (unpaired) electrons. The van der Waals surface area contributed by atoms with Gasteiger partial charge in [-0.05, 0) is 37.0 Å². The highest BCUT2D eigenvalue weighted by Crippen LogP contribution is 2.45. The lowest BCUT2D eigenvalue weighted by atomic mass is 9.74. The number of aryl methyl sites for hydroxylation is 1. The van der Waals surface area contributed by atoms with Gasteiger partial charge in [0.2, 0.25) is 0 Å². The molecule has 1 fully saturated rings. The summed E-state index contributed by atoms with van der Waals surface area (Å²) in [6, 6.07) is 8.44. The number of hydrogen-bond donors (Lipinski definition) is 1. The van der Waals surface area contributed by atoms with Crippen LogP contribution in [-0.2, 0) is 10.3 Å². The van der Waals surface area contributed by atoms with Crippen LogP contribution in [0.1, 0.15) is 24.5 Å². The van der Waals surface area contributed by atoms with Crippen molar-refractivity contribution in [1.82, 2.24) is 5.32 Å². The highest BCUT2D eigenvalue weighted by atomic mass is 16.1. The Hall–Kier alpha value is -1.67. The first-order valence-corrected chi connectivity index (χ1v) is 6.86. The zero-order chi connectivity index (χ0) is 13.5. The maximum atomic E-state index is 12.0. The first-order valence-electron chi connectivity index (χ1n) is 6.86. The molecule has 0 aromatic heterocycles. The van der Waals surface area contributed by atoms with Crippen LogP contribution >= 0.6 is 0 Å². The number of allylic oxidation sites excluding steroid dienone is 3. The first kappa shape index (κ1) is 12.4. The van der Waals surface area contributed by atoms with E-state index >= 15 is 0 Å². The minimum atomic E-state index is -0.568. The van der Waals surface area contributed by atoms with Crippen molar-refractivity contribution in [3.63, 3.8) is 0 Å². The molecule has 1 aliphatic heterocycles. The second kappa shape index (κ2) is 4.46. The van der Waals surface area contributed by atoms with Gasteiger partial charge in [-0.1, -0.05) is 42.5 Å². The Morgan fingerprint density at radius 2 is 2.16 bits per heavy atom. The van der Waals surface area contributed by atoms with Crippen LogP contribution in [0.15, 0.2) is 48.1 Å². The molecule has 1 aliphatic carbocycles. The molecule has 0 bridgehead atoms. The van der Waals surface area contributed by atoms with Gasteiger partial charge < -0.3 is 4.79 Å². The van der Waals surface area contributed by atoms with E-state index in [1.54, 1.807) is 0 Å². The molecule has 1 aromatic rings. The van der Waals surface area contributed by atoms with Crippen LogP contribution in [0.3, 0.4) is 0 Å². The van der Waals surface area contributed by atoms with Gasteiger partial charge in [-0.25, -0.2) is 0 Å². The molecule has 0 saturated carbocycles. The van der Waals surface area contributed by atoms with Gasteiger partial charge in [0.1, 0.15) is 11.8 Å². The third-order valence-electron chi connectivity index (χ3n) is 4.48. The molecule has 1 N–H and O–H groups in total. The Balaban J connectivity index is 2.16. The summed E-state index contributed by atoms with van der Waals surface area (Å²) in [5, 5.41) is 3.54. The second-order valence-corrected chi connectivity index (χ2v) is 5.55. The predicted octanol–water partition coefficient (Wildman–Crippen LogP) is 2.88. The highest BCUT2D eigenvalue weighted by Gasteiger charge is 2.50. The van der Waals surface area contributed by atoms with Gasteiger partial charge in [0.25, 0.3) is 0 Å². The average Bonchev–Trinajstić information content (AvgIpc) is 2.74. The third-order valence-corrected chi connectivity index (χ3v) is 4.48. The van der Waals surface area contributed by atoms with Crippen LogP contribution in [0.4, 0.5) is 0 Å². The summed E-state index contributed by atoms with van der Waals surface area (Å²) in [4.78, 5) is 12.0. The lowest BCUT2D eigenvalue weighted by Crippen LogP contribution is -2.45. The number of rotatable bonds is 2. The first-order chi connectivity index (χ1) is 9.19. The van der Waals surface area contributed by atoms with Crippen LogP contribution in [0.5, 0.6) is 0 Å². The fourth-order valence-corrected chi connectivity index (χ4v) is 3.57. The molecule has 0 amide bonds. The van der Waals surface area contributed by atoms with Crippen molar-refractivity contribution >= 4 is 6.29 Å². The van der Waals surface area contributed by atoms with Crippen LogP contribution in [0, 0.1) is 12.8 Å². The van der Waals surface area contributed by atoms with E-state index in [2.05, 4.69) is 49.5 Å². The Labute approximate surface area is 114 Å². The molecule has 98 valence electrons. The minimum Gasteiger partial charge on any atom is -0.301 e. The van der Waals surface area contributed by atoms with E-state index < -0.39 is 5.54 Å². The number of nitrogens with one attached hydrogen (secondary N) is 1. The molecule has 0 spiro atoms. The minimum absolute atomic E-state index is 0.242. The topological polar surface area (TPSA) is 29.1 Å². The van der Waals surface area contributed by atoms with E-state index in [0.29, 0.717) is 0 Å². The Morgan fingerprint density at radius 3 is 2.89 bits per heavy atom. The molecule has 1 heterocycles. The van der Waals surface area contributed by atoms with Crippen molar-refractivity contribution < 1.29 is 4.79 Å². The third kappa shape index (κ3) is 1.71. The van der Waals surface area contributed by atoms with Crippen LogP contribution in [-0.4, -0.2) is 12.3 Å². The largest absolute Gasteiger partial charge is 0.301 e. The Bertz CT molecular complexity index is 572. The van der Waals surface area contributed by atoms with E-state index in [9.17, 15) is 4.79 Å². The van der Waals surface area contributed by atoms with E-state index in [4.69, 9.17) is 0 Å². The van der Waals surface area contributed by atoms with Gasteiger partial charge in [-0.15, -0.1) is 0 Å². The van der Waals surface area contributed by atoms with Crippen molar-refractivity contribution in [2.24, 2.45) is 5.92 Å². The van der Waals surface area contributed by atoms with Gasteiger partial charge in [-0.3, -0.25) is 5.32 Å². The maximum Gasteiger partial charge on any atom is 0.145 e. The quantitative estimate of drug-likeness (QED) is 0.821. The molecular formula is C17H19NO. The van der Waals surface area contributed by atoms with Crippen molar-refractivity contribution in [3.8, 4) is 0 Å². The monoisotopic (exact) mass is 253 g/mol. The SMILES string of the molecule is Cc1ccccc1C1(C=O)NC(C)C2=CC=CCC21. The normalized spacial score (nSPS) is 32.8. The van der Waals surface area contributed by atoms with E-state index in [1.165, 1.54) is 11.1 Å². The Morgan fingerprint density at radius 1 is 1.37 bits per heavy atom. The number of carbonyl (C=O) groups excluding carboxylic acids is 1. The summed E-state index contributed by atoms with van der Waals surface area (Å²) >= 11 is 0. The zero-order valence-corrected chi connectivity index (χ0v) is 11.4. The van der Waals surface area contributed by atoms with Crippen LogP contribution < -0.4 is 5.32 Å². The Kier molecular flexibility index (Phi) is 2.90. The molecule has 1 aromatic carbocycles. The smallest absolute Gasteiger partial charge is 0.145 e. The molecular weight excluding hydrogens is 234 g/mol. The second-order valence-electron chi connectivity index (χ2n) is 5.55. The molecule has 3 rings (SSSR count). The summed E-state index contributed by atoms with van der Waals surface area (Å²) < 4.78 is 0. The van der Waals surface area contributed by atoms with Crippen molar-refractivity contribution in [2.45, 2.75) is 31.8 Å². The summed E-state index contributed by atoms with van der Waals surface area (Å²) in [7, 11) is 0. The van der Waals surface area contributed by atoms with Crippen molar-refractivity contribution in [2.75, 3.05) is 0 Å². The van der Waals surface area contributed by atoms with Crippen LogP contribution in [0.25, 0.3) is 0 Å². The molecule has 19 heavy (non-hydrogen) atoms. The lowest BCUT2D eigenvalue weighted by molar-refractivity contribution is -0.114. The number of aldehydes is 1. The fraction of sp³-hybridized carbons (Fsp3) is 0.353. The predicted molar refractivity (Wildman–Crippen MR) is 76.8 cm³/mol. The lowest BCUT2D eigenvalue weighted by Gasteiger charge is -2.32. The zero-order valence-electron chi connectivity index (χ0n) is 11.4. The average molecular weight is 253 g/mol. The van der Waals surface area contributed by atoms with Gasteiger partial charge in [0.05, 0.1) is 0 Å². The molecule has 3 unspecified atom stereocenters. The van der Waals surface area contributed by atoms with Gasteiger partial charge in [-0.2, -0.15) is 0 Å². The molecule has 2 aliphatic rings. The van der Waals surface area contributed by atoms with Crippen molar-refractivity contribution in [3.05, 3.63) is 59.2 Å². The van der Waals surface area contributed by atoms with Gasteiger partial charge in [0.15, 0.2) is 0 Å². The van der Waals surface area contributed by atoms with E-state index in [-0.39, 0.29) is 12.0 Å². The number of carbonyl (C=O) groups is 1. The van der Waals surface area contributed by atoms with Gasteiger partial charge in [0, 0.05) is 12.0 Å². The number of benzene rings is 1. The summed E-state index contributed by atoms with van der Waals surface area (Å²) in [6.07, 6.45) is 8.45. The summed E-state index contributed by atoms with van der Waals surface area (Å²) in [5.74, 6) is 0.242. The molecule has 2 nitrogen and oxygen atoms in total. The summed E-state index contributed by atoms with van der Waals surface area (Å²) in [6.45, 7) is 4.22.